The minimum Gasteiger partial charge on any atom is -0.408 e. The van der Waals surface area contributed by atoms with Gasteiger partial charge in [0.15, 0.2) is 5.58 Å². The highest BCUT2D eigenvalue weighted by molar-refractivity contribution is 7.92. The molecule has 0 fully saturated rings. The third-order valence-corrected chi connectivity index (χ3v) is 4.54. The van der Waals surface area contributed by atoms with Gasteiger partial charge < -0.3 is 4.42 Å². The molecule has 22 heavy (non-hydrogen) atoms. The molecule has 2 N–H and O–H groups in total. The standard InChI is InChI=1S/C13H8ClFN2O4S/c14-9-5-7(1-3-10(9)15)17-22(19,20)8-2-4-12-11(6-8)16-13(18)21-12/h1-6,17H,(H,16,18). The van der Waals surface area contributed by atoms with Crippen LogP contribution in [0.4, 0.5) is 10.1 Å². The number of benzene rings is 2. The number of aromatic nitrogens is 1. The molecule has 1 aromatic heterocycles. The number of fused-ring (bicyclic) bond motifs is 1. The highest BCUT2D eigenvalue weighted by Crippen LogP contribution is 2.23. The SMILES string of the molecule is O=c1[nH]c2cc(S(=O)(=O)Nc3ccc(F)c(Cl)c3)ccc2o1. The average molecular weight is 343 g/mol. The molecule has 0 bridgehead atoms. The lowest BCUT2D eigenvalue weighted by molar-refractivity contribution is 0.555. The molecule has 0 atom stereocenters. The zero-order chi connectivity index (χ0) is 15.9. The van der Waals surface area contributed by atoms with Gasteiger partial charge in [0.25, 0.3) is 10.0 Å². The number of anilines is 1. The van der Waals surface area contributed by atoms with Crippen molar-refractivity contribution in [2.45, 2.75) is 4.90 Å². The summed E-state index contributed by atoms with van der Waals surface area (Å²) in [6, 6.07) is 7.36. The van der Waals surface area contributed by atoms with Gasteiger partial charge in [-0.25, -0.2) is 17.6 Å². The van der Waals surface area contributed by atoms with Crippen molar-refractivity contribution in [3.05, 3.63) is 57.8 Å². The predicted octanol–water partition coefficient (Wildman–Crippen LogP) is 2.71. The fourth-order valence-electron chi connectivity index (χ4n) is 1.87. The molecule has 114 valence electrons. The zero-order valence-corrected chi connectivity index (χ0v) is 12.3. The lowest BCUT2D eigenvalue weighted by Crippen LogP contribution is -2.13. The van der Waals surface area contributed by atoms with E-state index in [0.29, 0.717) is 0 Å². The Balaban J connectivity index is 1.99. The molecular formula is C13H8ClFN2O4S. The van der Waals surface area contributed by atoms with Crippen LogP contribution in [0, 0.1) is 5.82 Å². The molecule has 0 saturated carbocycles. The van der Waals surface area contributed by atoms with Crippen LogP contribution < -0.4 is 10.5 Å². The average Bonchev–Trinajstić information content (AvgIpc) is 2.81. The van der Waals surface area contributed by atoms with Crippen molar-refractivity contribution in [3.63, 3.8) is 0 Å². The fourth-order valence-corrected chi connectivity index (χ4v) is 3.13. The summed E-state index contributed by atoms with van der Waals surface area (Å²) < 4.78 is 44.7. The van der Waals surface area contributed by atoms with Crippen molar-refractivity contribution < 1.29 is 17.2 Å². The van der Waals surface area contributed by atoms with Gasteiger partial charge in [0, 0.05) is 0 Å². The van der Waals surface area contributed by atoms with E-state index in [1.165, 1.54) is 24.3 Å². The summed E-state index contributed by atoms with van der Waals surface area (Å²) in [5.41, 5.74) is 0.617. The van der Waals surface area contributed by atoms with Gasteiger partial charge in [-0.1, -0.05) is 11.6 Å². The summed E-state index contributed by atoms with van der Waals surface area (Å²) in [6.45, 7) is 0. The van der Waals surface area contributed by atoms with Crippen LogP contribution in [0.25, 0.3) is 11.1 Å². The third-order valence-electron chi connectivity index (χ3n) is 2.87. The quantitative estimate of drug-likeness (QED) is 0.765. The second-order valence-electron chi connectivity index (χ2n) is 4.41. The summed E-state index contributed by atoms with van der Waals surface area (Å²) in [5, 5.41) is -0.199. The third kappa shape index (κ3) is 2.70. The Morgan fingerprint density at radius 1 is 1.18 bits per heavy atom. The van der Waals surface area contributed by atoms with Crippen LogP contribution in [-0.4, -0.2) is 13.4 Å². The van der Waals surface area contributed by atoms with Gasteiger partial charge in [-0.2, -0.15) is 0 Å². The maximum Gasteiger partial charge on any atom is 0.417 e. The predicted molar refractivity (Wildman–Crippen MR) is 79.1 cm³/mol. The molecule has 0 saturated heterocycles. The first-order chi connectivity index (χ1) is 10.3. The minimum absolute atomic E-state index is 0.0857. The maximum absolute atomic E-state index is 13.1. The highest BCUT2D eigenvalue weighted by Gasteiger charge is 2.16. The molecule has 0 spiro atoms. The van der Waals surface area contributed by atoms with E-state index >= 15 is 0 Å². The number of hydrogen-bond acceptors (Lipinski definition) is 4. The van der Waals surface area contributed by atoms with E-state index in [-0.39, 0.29) is 26.7 Å². The molecule has 0 aliphatic carbocycles. The Morgan fingerprint density at radius 3 is 2.68 bits per heavy atom. The van der Waals surface area contributed by atoms with Crippen molar-refractivity contribution >= 4 is 38.4 Å². The van der Waals surface area contributed by atoms with Crippen molar-refractivity contribution in [1.82, 2.24) is 4.98 Å². The van der Waals surface area contributed by atoms with Gasteiger partial charge in [0.2, 0.25) is 0 Å². The van der Waals surface area contributed by atoms with Gasteiger partial charge in [-0.15, -0.1) is 0 Å². The molecule has 3 aromatic rings. The molecule has 0 aliphatic heterocycles. The van der Waals surface area contributed by atoms with E-state index in [0.717, 1.165) is 12.1 Å². The molecule has 0 aliphatic rings. The second kappa shape index (κ2) is 5.15. The van der Waals surface area contributed by atoms with E-state index in [9.17, 15) is 17.6 Å². The molecule has 2 aromatic carbocycles. The molecule has 1 heterocycles. The first-order valence-electron chi connectivity index (χ1n) is 5.96. The van der Waals surface area contributed by atoms with Gasteiger partial charge >= 0.3 is 5.76 Å². The number of hydrogen-bond donors (Lipinski definition) is 2. The molecule has 9 heteroatoms. The molecule has 6 nitrogen and oxygen atoms in total. The summed E-state index contributed by atoms with van der Waals surface area (Å²) in [5.74, 6) is -1.33. The summed E-state index contributed by atoms with van der Waals surface area (Å²) in [4.78, 5) is 13.4. The molecule has 0 radical (unpaired) electrons. The number of rotatable bonds is 3. The van der Waals surface area contributed by atoms with Crippen molar-refractivity contribution in [1.29, 1.82) is 0 Å². The summed E-state index contributed by atoms with van der Waals surface area (Å²) >= 11 is 5.61. The Labute approximate surface area is 128 Å². The van der Waals surface area contributed by atoms with Gasteiger partial charge in [-0.3, -0.25) is 9.71 Å². The van der Waals surface area contributed by atoms with Crippen LogP contribution in [0.15, 0.2) is 50.5 Å². The van der Waals surface area contributed by atoms with Crippen LogP contribution >= 0.6 is 11.6 Å². The van der Waals surface area contributed by atoms with Crippen LogP contribution in [-0.2, 0) is 10.0 Å². The van der Waals surface area contributed by atoms with E-state index in [1.54, 1.807) is 0 Å². The van der Waals surface area contributed by atoms with Gasteiger partial charge in [0.1, 0.15) is 5.82 Å². The van der Waals surface area contributed by atoms with Crippen molar-refractivity contribution in [2.75, 3.05) is 4.72 Å². The molecule has 0 unspecified atom stereocenters. The topological polar surface area (TPSA) is 92.2 Å². The zero-order valence-electron chi connectivity index (χ0n) is 10.8. The highest BCUT2D eigenvalue weighted by atomic mass is 35.5. The molecule has 3 rings (SSSR count). The molecular weight excluding hydrogens is 335 g/mol. The summed E-state index contributed by atoms with van der Waals surface area (Å²) in [6.07, 6.45) is 0. The van der Waals surface area contributed by atoms with Gasteiger partial charge in [-0.05, 0) is 36.4 Å². The normalized spacial score (nSPS) is 11.7. The lowest BCUT2D eigenvalue weighted by atomic mass is 10.3. The Bertz CT molecular complexity index is 1030. The first-order valence-corrected chi connectivity index (χ1v) is 7.82. The number of halogens is 2. The van der Waals surface area contributed by atoms with Crippen molar-refractivity contribution in [3.8, 4) is 0 Å². The van der Waals surface area contributed by atoms with Crippen LogP contribution in [0.2, 0.25) is 5.02 Å². The van der Waals surface area contributed by atoms with Crippen LogP contribution in [0.3, 0.4) is 0 Å². The Morgan fingerprint density at radius 2 is 1.95 bits per heavy atom. The largest absolute Gasteiger partial charge is 0.417 e. The summed E-state index contributed by atoms with van der Waals surface area (Å²) in [7, 11) is -3.92. The van der Waals surface area contributed by atoms with Gasteiger partial charge in [0.05, 0.1) is 21.1 Å². The minimum atomic E-state index is -3.92. The Hall–Kier alpha value is -2.32. The van der Waals surface area contributed by atoms with E-state index in [2.05, 4.69) is 9.71 Å². The van der Waals surface area contributed by atoms with E-state index in [1.807, 2.05) is 0 Å². The van der Waals surface area contributed by atoms with Crippen LogP contribution in [0.5, 0.6) is 0 Å². The lowest BCUT2D eigenvalue weighted by Gasteiger charge is -2.08. The second-order valence-corrected chi connectivity index (χ2v) is 6.50. The van der Waals surface area contributed by atoms with E-state index < -0.39 is 21.6 Å². The smallest absolute Gasteiger partial charge is 0.408 e. The maximum atomic E-state index is 13.1. The Kier molecular flexibility index (Phi) is 3.42. The van der Waals surface area contributed by atoms with Crippen molar-refractivity contribution in [2.24, 2.45) is 0 Å². The fraction of sp³-hybridized carbons (Fsp3) is 0. The number of sulfonamides is 1. The number of oxazole rings is 1. The number of nitrogens with one attached hydrogen (secondary N) is 2. The molecule has 0 amide bonds. The monoisotopic (exact) mass is 342 g/mol. The van der Waals surface area contributed by atoms with Crippen LogP contribution in [0.1, 0.15) is 0 Å². The number of H-pyrrole nitrogens is 1. The first kappa shape index (κ1) is 14.6. The van der Waals surface area contributed by atoms with E-state index in [4.69, 9.17) is 16.0 Å². The number of aromatic amines is 1.